The Hall–Kier alpha value is -3.42. The molecule has 1 fully saturated rings. The van der Waals surface area contributed by atoms with Crippen LogP contribution in [-0.2, 0) is 20.8 Å². The normalized spacial score (nSPS) is 13.4. The fraction of sp³-hybridized carbons (Fsp3) is 0.391. The zero-order valence-electron chi connectivity index (χ0n) is 17.9. The average Bonchev–Trinajstić information content (AvgIpc) is 3.28. The predicted molar refractivity (Wildman–Crippen MR) is 112 cm³/mol. The minimum Gasteiger partial charge on any atom is -0.461 e. The quantitative estimate of drug-likeness (QED) is 0.514. The van der Waals surface area contributed by atoms with Gasteiger partial charge in [0.05, 0.1) is 12.2 Å². The Morgan fingerprint density at radius 1 is 1.06 bits per heavy atom. The summed E-state index contributed by atoms with van der Waals surface area (Å²) in [6.07, 6.45) is 1.46. The maximum Gasteiger partial charge on any atom is 0.355 e. The molecule has 3 rings (SSSR count). The summed E-state index contributed by atoms with van der Waals surface area (Å²) in [5.74, 6) is -1.41. The van der Waals surface area contributed by atoms with Gasteiger partial charge in [0, 0.05) is 30.8 Å². The zero-order chi connectivity index (χ0) is 22.5. The first kappa shape index (κ1) is 22.3. The number of carbonyl (C=O) groups excluding carboxylic acids is 4. The van der Waals surface area contributed by atoms with E-state index in [0.29, 0.717) is 35.3 Å². The van der Waals surface area contributed by atoms with Gasteiger partial charge in [0.2, 0.25) is 11.7 Å². The summed E-state index contributed by atoms with van der Waals surface area (Å²) >= 11 is 0. The number of rotatable bonds is 8. The van der Waals surface area contributed by atoms with Gasteiger partial charge in [-0.15, -0.1) is 0 Å². The molecule has 8 heteroatoms. The first-order valence-corrected chi connectivity index (χ1v) is 10.2. The lowest BCUT2D eigenvalue weighted by Gasteiger charge is -2.15. The van der Waals surface area contributed by atoms with Crippen LogP contribution in [0.4, 0.5) is 0 Å². The van der Waals surface area contributed by atoms with Crippen LogP contribution in [0.1, 0.15) is 67.8 Å². The van der Waals surface area contributed by atoms with Crippen molar-refractivity contribution in [1.82, 2.24) is 9.88 Å². The second-order valence-electron chi connectivity index (χ2n) is 7.46. The Morgan fingerprint density at radius 2 is 1.77 bits per heavy atom. The molecule has 0 bridgehead atoms. The number of nitrogens with one attached hydrogen (secondary N) is 1. The number of amides is 1. The fourth-order valence-electron chi connectivity index (χ4n) is 3.70. The van der Waals surface area contributed by atoms with Gasteiger partial charge in [0.25, 0.3) is 0 Å². The molecule has 1 aromatic carbocycles. The van der Waals surface area contributed by atoms with Crippen LogP contribution >= 0.6 is 0 Å². The fourth-order valence-corrected chi connectivity index (χ4v) is 3.70. The number of esters is 2. The number of aromatic nitrogens is 1. The van der Waals surface area contributed by atoms with Crippen LogP contribution in [0, 0.1) is 13.8 Å². The Bertz CT molecular complexity index is 1010. The molecule has 0 saturated carbocycles. The Kier molecular flexibility index (Phi) is 6.89. The number of Topliss-reactive ketones (excluding diaryl/α,β-unsaturated/α-hetero) is 1. The first-order valence-electron chi connectivity index (χ1n) is 10.2. The molecular formula is C23H26N2O6. The summed E-state index contributed by atoms with van der Waals surface area (Å²) in [5.41, 5.74) is 2.77. The maximum atomic E-state index is 12.6. The number of ketones is 1. The summed E-state index contributed by atoms with van der Waals surface area (Å²) in [6, 6.07) is 6.79. The van der Waals surface area contributed by atoms with Gasteiger partial charge in [0.15, 0.2) is 6.61 Å². The molecule has 2 aromatic rings. The second kappa shape index (κ2) is 9.59. The van der Waals surface area contributed by atoms with Gasteiger partial charge in [-0.2, -0.15) is 0 Å². The summed E-state index contributed by atoms with van der Waals surface area (Å²) in [7, 11) is 0. The first-order chi connectivity index (χ1) is 14.8. The number of hydrogen-bond acceptors (Lipinski definition) is 6. The van der Waals surface area contributed by atoms with E-state index in [1.165, 1.54) is 0 Å². The van der Waals surface area contributed by atoms with Gasteiger partial charge >= 0.3 is 11.9 Å². The van der Waals surface area contributed by atoms with Gasteiger partial charge in [-0.1, -0.05) is 12.1 Å². The number of H-pyrrole nitrogens is 1. The molecule has 1 aromatic heterocycles. The Morgan fingerprint density at radius 3 is 2.39 bits per heavy atom. The van der Waals surface area contributed by atoms with Crippen LogP contribution in [0.15, 0.2) is 24.3 Å². The smallest absolute Gasteiger partial charge is 0.355 e. The largest absolute Gasteiger partial charge is 0.461 e. The van der Waals surface area contributed by atoms with Gasteiger partial charge in [0.1, 0.15) is 5.69 Å². The minimum atomic E-state index is -0.617. The molecule has 0 spiro atoms. The topological polar surface area (TPSA) is 106 Å². The van der Waals surface area contributed by atoms with Gasteiger partial charge < -0.3 is 19.4 Å². The molecule has 31 heavy (non-hydrogen) atoms. The number of hydrogen-bond donors (Lipinski definition) is 1. The number of ether oxygens (including phenoxy) is 2. The van der Waals surface area contributed by atoms with Gasteiger partial charge in [-0.3, -0.25) is 9.59 Å². The lowest BCUT2D eigenvalue weighted by Crippen LogP contribution is -2.23. The Labute approximate surface area is 180 Å². The third-order valence-corrected chi connectivity index (χ3v) is 5.26. The van der Waals surface area contributed by atoms with E-state index in [4.69, 9.17) is 9.47 Å². The standard InChI is InChI=1S/C23H26N2O6/c1-4-30-23(29)21-14(2)20(15(3)24-21)18(26)13-31-22(28)17-9-7-16(8-10-17)12-25-11-5-6-19(25)27/h7-10,24H,4-6,11-13H2,1-3H3. The third-order valence-electron chi connectivity index (χ3n) is 5.26. The van der Waals surface area contributed by atoms with Crippen molar-refractivity contribution in [3.8, 4) is 0 Å². The number of nitrogens with zero attached hydrogens (tertiary/aromatic N) is 1. The zero-order valence-corrected chi connectivity index (χ0v) is 17.9. The molecule has 0 radical (unpaired) electrons. The van der Waals surface area contributed by atoms with E-state index in [0.717, 1.165) is 18.5 Å². The summed E-state index contributed by atoms with van der Waals surface area (Å²) in [5, 5.41) is 0. The van der Waals surface area contributed by atoms with Crippen molar-refractivity contribution in [2.45, 2.75) is 40.2 Å². The van der Waals surface area contributed by atoms with E-state index in [9.17, 15) is 19.2 Å². The molecule has 0 unspecified atom stereocenters. The molecule has 2 heterocycles. The molecule has 1 aliphatic heterocycles. The van der Waals surface area contributed by atoms with Crippen LogP contribution in [-0.4, -0.2) is 53.3 Å². The summed E-state index contributed by atoms with van der Waals surface area (Å²) < 4.78 is 10.2. The van der Waals surface area contributed by atoms with E-state index in [2.05, 4.69) is 4.98 Å². The highest BCUT2D eigenvalue weighted by Gasteiger charge is 2.24. The molecule has 1 N–H and O–H groups in total. The van der Waals surface area contributed by atoms with E-state index in [1.54, 1.807) is 49.9 Å². The van der Waals surface area contributed by atoms with E-state index >= 15 is 0 Å². The molecule has 1 aliphatic rings. The predicted octanol–water partition coefficient (Wildman–Crippen LogP) is 2.97. The highest BCUT2D eigenvalue weighted by molar-refractivity contribution is 6.04. The van der Waals surface area contributed by atoms with Crippen molar-refractivity contribution in [2.75, 3.05) is 19.8 Å². The number of aryl methyl sites for hydroxylation is 1. The molecule has 1 amide bonds. The van der Waals surface area contributed by atoms with Crippen LogP contribution in [0.2, 0.25) is 0 Å². The molecule has 0 atom stereocenters. The van der Waals surface area contributed by atoms with Gasteiger partial charge in [-0.05, 0) is 50.5 Å². The number of benzene rings is 1. The number of carbonyl (C=O) groups is 4. The van der Waals surface area contributed by atoms with Gasteiger partial charge in [-0.25, -0.2) is 9.59 Å². The number of aromatic amines is 1. The minimum absolute atomic E-state index is 0.142. The molecule has 8 nitrogen and oxygen atoms in total. The van der Waals surface area contributed by atoms with Crippen LogP contribution in [0.25, 0.3) is 0 Å². The average molecular weight is 426 g/mol. The maximum absolute atomic E-state index is 12.6. The summed E-state index contributed by atoms with van der Waals surface area (Å²) in [4.78, 5) is 53.3. The van der Waals surface area contributed by atoms with Crippen molar-refractivity contribution in [1.29, 1.82) is 0 Å². The third kappa shape index (κ3) is 5.02. The molecule has 1 saturated heterocycles. The molecule has 0 aliphatic carbocycles. The Balaban J connectivity index is 1.60. The van der Waals surface area contributed by atoms with Crippen LogP contribution < -0.4 is 0 Å². The highest BCUT2D eigenvalue weighted by atomic mass is 16.5. The number of likely N-dealkylation sites (tertiary alicyclic amines) is 1. The molecule has 164 valence electrons. The van der Waals surface area contributed by atoms with E-state index in [1.807, 2.05) is 0 Å². The van der Waals surface area contributed by atoms with Crippen molar-refractivity contribution < 1.29 is 28.7 Å². The monoisotopic (exact) mass is 426 g/mol. The van der Waals surface area contributed by atoms with Crippen LogP contribution in [0.5, 0.6) is 0 Å². The summed E-state index contributed by atoms with van der Waals surface area (Å²) in [6.45, 7) is 6.08. The van der Waals surface area contributed by atoms with Crippen molar-refractivity contribution in [3.05, 3.63) is 57.9 Å². The second-order valence-corrected chi connectivity index (χ2v) is 7.46. The van der Waals surface area contributed by atoms with Crippen molar-refractivity contribution >= 4 is 23.6 Å². The van der Waals surface area contributed by atoms with E-state index in [-0.39, 0.29) is 18.2 Å². The lowest BCUT2D eigenvalue weighted by atomic mass is 10.1. The lowest BCUT2D eigenvalue weighted by molar-refractivity contribution is -0.128. The van der Waals surface area contributed by atoms with Crippen molar-refractivity contribution in [3.63, 3.8) is 0 Å². The van der Waals surface area contributed by atoms with Crippen LogP contribution in [0.3, 0.4) is 0 Å². The molecular weight excluding hydrogens is 400 g/mol. The SMILES string of the molecule is CCOC(=O)c1[nH]c(C)c(C(=O)COC(=O)c2ccc(CN3CCCC3=O)cc2)c1C. The van der Waals surface area contributed by atoms with E-state index < -0.39 is 24.3 Å². The van der Waals surface area contributed by atoms with Crippen molar-refractivity contribution in [2.24, 2.45) is 0 Å². The highest BCUT2D eigenvalue weighted by Crippen LogP contribution is 2.20.